The molecule has 0 saturated carbocycles. The van der Waals surface area contributed by atoms with Crippen LogP contribution in [-0.4, -0.2) is 88.2 Å². The Balaban J connectivity index is 1.84. The number of hydrogen-bond donors (Lipinski definition) is 2. The maximum atomic E-state index is 13.0. The van der Waals surface area contributed by atoms with Gasteiger partial charge >= 0.3 is 11.9 Å². The molecule has 2 N–H and O–H groups in total. The van der Waals surface area contributed by atoms with E-state index in [0.717, 1.165) is 11.1 Å². The van der Waals surface area contributed by atoms with Crippen LogP contribution in [0.1, 0.15) is 43.7 Å². The summed E-state index contributed by atoms with van der Waals surface area (Å²) in [5.74, 6) is -5.09. The molecule has 0 aliphatic carbocycles. The van der Waals surface area contributed by atoms with E-state index in [1.165, 1.54) is 19.1 Å². The van der Waals surface area contributed by atoms with Crippen LogP contribution >= 0.6 is 0 Å². The summed E-state index contributed by atoms with van der Waals surface area (Å²) in [4.78, 5) is 60.4. The fourth-order valence-electron chi connectivity index (χ4n) is 5.29. The lowest BCUT2D eigenvalue weighted by molar-refractivity contribution is -1.09. The maximum Gasteiger partial charge on any atom is 0.369 e. The Morgan fingerprint density at radius 3 is 2.05 bits per heavy atom. The third kappa shape index (κ3) is 8.58. The smallest absolute Gasteiger partial charge is 0.369 e. The highest BCUT2D eigenvalue weighted by Gasteiger charge is 2.51. The number of piperidine rings is 1. The van der Waals surface area contributed by atoms with Gasteiger partial charge in [-0.1, -0.05) is 60.7 Å². The summed E-state index contributed by atoms with van der Waals surface area (Å²) in [7, 11) is 1.52. The molecule has 3 rings (SSSR count). The molecule has 12 heteroatoms. The number of aliphatic hydroxyl groups is 1. The number of ether oxygens (including phenoxy) is 1. The fourth-order valence-corrected chi connectivity index (χ4v) is 5.29. The van der Waals surface area contributed by atoms with Gasteiger partial charge in [-0.2, -0.15) is 0 Å². The maximum absolute atomic E-state index is 13.0. The number of benzene rings is 2. The van der Waals surface area contributed by atoms with Crippen LogP contribution in [0.4, 0.5) is 0 Å². The molecular weight excluding hydrogens is 548 g/mol. The summed E-state index contributed by atoms with van der Waals surface area (Å²) in [6, 6.07) is 18.9. The van der Waals surface area contributed by atoms with E-state index in [2.05, 4.69) is 0 Å². The molecule has 1 amide bonds. The molecule has 1 saturated heterocycles. The molecule has 0 aromatic heterocycles. The monoisotopic (exact) mass is 586 g/mol. The molecule has 228 valence electrons. The molecular formula is C30H38N2O10. The average Bonchev–Trinajstić information content (AvgIpc) is 2.94. The van der Waals surface area contributed by atoms with Gasteiger partial charge in [0, 0.05) is 33.3 Å². The lowest BCUT2D eigenvalue weighted by atomic mass is 9.87. The van der Waals surface area contributed by atoms with E-state index < -0.39 is 41.9 Å². The molecule has 2 aromatic rings. The Bertz CT molecular complexity index is 1220. The zero-order chi connectivity index (χ0) is 30.8. The first kappa shape index (κ1) is 32.7. The van der Waals surface area contributed by atoms with E-state index in [9.17, 15) is 29.4 Å². The van der Waals surface area contributed by atoms with E-state index in [-0.39, 0.29) is 36.9 Å². The van der Waals surface area contributed by atoms with Gasteiger partial charge in [0.1, 0.15) is 37.4 Å². The number of quaternary nitrogens is 1. The van der Waals surface area contributed by atoms with Crippen molar-refractivity contribution in [1.82, 2.24) is 5.06 Å². The molecule has 1 fully saturated rings. The Morgan fingerprint density at radius 1 is 0.976 bits per heavy atom. The van der Waals surface area contributed by atoms with Crippen LogP contribution < -0.4 is 5.11 Å². The number of likely N-dealkylation sites (tertiary alicyclic amines) is 1. The first-order chi connectivity index (χ1) is 19.9. The van der Waals surface area contributed by atoms with Crippen LogP contribution in [0, 0.1) is 0 Å². The number of hydroxylamine groups is 5. The van der Waals surface area contributed by atoms with Gasteiger partial charge in [-0.15, -0.1) is 4.65 Å². The van der Waals surface area contributed by atoms with E-state index in [1.54, 1.807) is 0 Å². The van der Waals surface area contributed by atoms with Crippen molar-refractivity contribution in [2.75, 3.05) is 33.4 Å². The van der Waals surface area contributed by atoms with E-state index in [1.807, 2.05) is 60.7 Å². The zero-order valence-corrected chi connectivity index (χ0v) is 23.9. The van der Waals surface area contributed by atoms with Crippen molar-refractivity contribution < 1.29 is 53.6 Å². The molecule has 0 radical (unpaired) electrons. The lowest BCUT2D eigenvalue weighted by Gasteiger charge is -2.49. The largest absolute Gasteiger partial charge is 0.547 e. The van der Waals surface area contributed by atoms with Crippen molar-refractivity contribution >= 4 is 23.8 Å². The summed E-state index contributed by atoms with van der Waals surface area (Å²) in [5.41, 5.74) is -1.96. The third-order valence-electron chi connectivity index (χ3n) is 7.51. The predicted octanol–water partition coefficient (Wildman–Crippen LogP) is 1.01. The minimum Gasteiger partial charge on any atom is -0.547 e. The average molecular weight is 587 g/mol. The van der Waals surface area contributed by atoms with Gasteiger partial charge in [-0.25, -0.2) is 9.86 Å². The second kappa shape index (κ2) is 14.4. The van der Waals surface area contributed by atoms with Crippen LogP contribution in [0.25, 0.3) is 0 Å². The van der Waals surface area contributed by atoms with Gasteiger partial charge in [0.25, 0.3) is 0 Å². The minimum absolute atomic E-state index is 0.150. The van der Waals surface area contributed by atoms with E-state index in [0.29, 0.717) is 25.8 Å². The summed E-state index contributed by atoms with van der Waals surface area (Å²) >= 11 is 0. The van der Waals surface area contributed by atoms with Crippen molar-refractivity contribution in [2.45, 2.75) is 56.8 Å². The van der Waals surface area contributed by atoms with E-state index in [4.69, 9.17) is 19.5 Å². The van der Waals surface area contributed by atoms with Gasteiger partial charge in [0.05, 0.1) is 25.4 Å². The van der Waals surface area contributed by atoms with Gasteiger partial charge in [0.2, 0.25) is 5.91 Å². The molecule has 0 bridgehead atoms. The van der Waals surface area contributed by atoms with Crippen molar-refractivity contribution in [3.05, 3.63) is 71.8 Å². The standard InChI is InChI=1S/C30H38N2O10/c1-23(33)31(41-21-25-11-7-4-8-12-25)29(22-40-2)14-17-32(18-15-29,16-13-24-9-5-3-6-10-24)42-27(36)20-30(39,28(37)38)19-26(34)35/h3-12,39H,13-22H2,1-2H3,(H-,34,35,37,38). The highest BCUT2D eigenvalue weighted by molar-refractivity contribution is 5.87. The summed E-state index contributed by atoms with van der Waals surface area (Å²) in [5, 5.41) is 32.3. The second-order valence-electron chi connectivity index (χ2n) is 10.7. The number of hydrogen-bond acceptors (Lipinski definition) is 9. The van der Waals surface area contributed by atoms with Crippen LogP contribution in [0.5, 0.6) is 0 Å². The Kier molecular flexibility index (Phi) is 11.2. The first-order valence-corrected chi connectivity index (χ1v) is 13.7. The summed E-state index contributed by atoms with van der Waals surface area (Å²) in [6.07, 6.45) is -1.21. The molecule has 1 heterocycles. The van der Waals surface area contributed by atoms with Gasteiger partial charge < -0.3 is 24.9 Å². The quantitative estimate of drug-likeness (QED) is 0.227. The summed E-state index contributed by atoms with van der Waals surface area (Å²) in [6.45, 7) is 2.44. The van der Waals surface area contributed by atoms with Crippen molar-refractivity contribution in [1.29, 1.82) is 0 Å². The molecule has 0 spiro atoms. The molecule has 2 aromatic carbocycles. The minimum atomic E-state index is -2.93. The molecule has 1 unspecified atom stereocenters. The van der Waals surface area contributed by atoms with E-state index >= 15 is 0 Å². The zero-order valence-electron chi connectivity index (χ0n) is 23.9. The highest BCUT2D eigenvalue weighted by Crippen LogP contribution is 2.35. The van der Waals surface area contributed by atoms with Crippen molar-refractivity contribution in [2.24, 2.45) is 0 Å². The number of rotatable bonds is 15. The molecule has 1 aliphatic heterocycles. The van der Waals surface area contributed by atoms with Crippen LogP contribution in [-0.2, 0) is 46.6 Å². The number of methoxy groups -OCH3 is 1. The predicted molar refractivity (Wildman–Crippen MR) is 146 cm³/mol. The molecule has 1 aliphatic rings. The lowest BCUT2D eigenvalue weighted by Crippen LogP contribution is -2.65. The topological polar surface area (TPSA) is 163 Å². The molecule has 1 atom stereocenters. The molecule has 42 heavy (non-hydrogen) atoms. The number of carboxylic acid groups (broad SMARTS) is 2. The number of carboxylic acids is 2. The van der Waals surface area contributed by atoms with Gasteiger partial charge in [-0.3, -0.25) is 19.3 Å². The number of nitrogens with zero attached hydrogens (tertiary/aromatic N) is 2. The Labute approximate surface area is 244 Å². The van der Waals surface area contributed by atoms with Gasteiger partial charge in [-0.05, 0) is 11.1 Å². The van der Waals surface area contributed by atoms with Gasteiger partial charge in [0.15, 0.2) is 0 Å². The normalized spacial score (nSPS) is 21.6. The fraction of sp³-hybridized carbons (Fsp3) is 0.467. The molecule has 12 nitrogen and oxygen atoms in total. The SMILES string of the molecule is COCC1(N(OCc2ccccc2)C(C)=O)CC[N+](CCc2ccccc2)(OC(=O)CC(O)(CC(=O)O)C(=O)[O-])CC1. The van der Waals surface area contributed by atoms with Crippen LogP contribution in [0.3, 0.4) is 0 Å². The van der Waals surface area contributed by atoms with Crippen LogP contribution in [0.2, 0.25) is 0 Å². The third-order valence-corrected chi connectivity index (χ3v) is 7.51. The number of carbonyl (C=O) groups excluding carboxylic acids is 3. The van der Waals surface area contributed by atoms with Crippen molar-refractivity contribution in [3.8, 4) is 0 Å². The Hall–Kier alpha value is -3.84. The summed E-state index contributed by atoms with van der Waals surface area (Å²) < 4.78 is 5.29. The number of carbonyl (C=O) groups is 4. The Morgan fingerprint density at radius 2 is 1.55 bits per heavy atom. The second-order valence-corrected chi connectivity index (χ2v) is 10.7. The first-order valence-electron chi connectivity index (χ1n) is 13.7. The number of amides is 1. The number of aliphatic carboxylic acids is 2. The van der Waals surface area contributed by atoms with Crippen LogP contribution in [0.15, 0.2) is 60.7 Å². The highest BCUT2D eigenvalue weighted by atomic mass is 16.7. The van der Waals surface area contributed by atoms with Crippen molar-refractivity contribution in [3.63, 3.8) is 0 Å².